The third-order valence-corrected chi connectivity index (χ3v) is 2.94. The van der Waals surface area contributed by atoms with Gasteiger partial charge < -0.3 is 15.3 Å². The lowest BCUT2D eigenvalue weighted by Gasteiger charge is -2.08. The topological polar surface area (TPSA) is 77.8 Å². The lowest BCUT2D eigenvalue weighted by atomic mass is 10.0. The van der Waals surface area contributed by atoms with Crippen molar-refractivity contribution in [2.45, 2.75) is 45.3 Å². The molecule has 0 bridgehead atoms. The fraction of sp³-hybridized carbons (Fsp3) is 0.500. The number of ketones is 1. The van der Waals surface area contributed by atoms with Crippen molar-refractivity contribution < 1.29 is 20.1 Å². The number of Topliss-reactive ketones (excluding diaryl/α,β-unsaturated/α-hetero) is 1. The van der Waals surface area contributed by atoms with Crippen LogP contribution < -0.4 is 0 Å². The van der Waals surface area contributed by atoms with Crippen LogP contribution >= 0.6 is 0 Å². The Labute approximate surface area is 107 Å². The number of hydrogen-bond acceptors (Lipinski definition) is 4. The van der Waals surface area contributed by atoms with E-state index < -0.39 is 6.10 Å². The van der Waals surface area contributed by atoms with E-state index in [1.54, 1.807) is 12.1 Å². The highest BCUT2D eigenvalue weighted by Crippen LogP contribution is 2.19. The van der Waals surface area contributed by atoms with Crippen LogP contribution in [0.3, 0.4) is 0 Å². The van der Waals surface area contributed by atoms with Gasteiger partial charge in [0.2, 0.25) is 0 Å². The second-order valence-electron chi connectivity index (χ2n) is 4.43. The number of benzene rings is 1. The summed E-state index contributed by atoms with van der Waals surface area (Å²) in [5.74, 6) is 0.0944. The SMILES string of the molecule is CCC(O)CC(=O)CCc1ccc(O)c(CO)c1. The van der Waals surface area contributed by atoms with Crippen molar-refractivity contribution >= 4 is 5.78 Å². The molecule has 1 rings (SSSR count). The minimum absolute atomic E-state index is 0.0305. The molecule has 0 fully saturated rings. The molecule has 4 heteroatoms. The van der Waals surface area contributed by atoms with E-state index in [4.69, 9.17) is 5.11 Å². The summed E-state index contributed by atoms with van der Waals surface area (Å²) >= 11 is 0. The van der Waals surface area contributed by atoms with Crippen LogP contribution in [0.25, 0.3) is 0 Å². The second kappa shape index (κ2) is 7.13. The van der Waals surface area contributed by atoms with Gasteiger partial charge in [0.1, 0.15) is 11.5 Å². The lowest BCUT2D eigenvalue weighted by Crippen LogP contribution is -2.12. The Morgan fingerprint density at radius 1 is 1.39 bits per heavy atom. The fourth-order valence-electron chi connectivity index (χ4n) is 1.71. The molecule has 0 aliphatic heterocycles. The maximum Gasteiger partial charge on any atom is 0.135 e. The average molecular weight is 252 g/mol. The Hall–Kier alpha value is -1.39. The zero-order chi connectivity index (χ0) is 13.5. The van der Waals surface area contributed by atoms with Gasteiger partial charge in [0.05, 0.1) is 12.7 Å². The Kier molecular flexibility index (Phi) is 5.82. The maximum atomic E-state index is 11.5. The highest BCUT2D eigenvalue weighted by molar-refractivity contribution is 5.79. The molecule has 0 radical (unpaired) electrons. The largest absolute Gasteiger partial charge is 0.508 e. The Balaban J connectivity index is 2.51. The van der Waals surface area contributed by atoms with Crippen molar-refractivity contribution in [2.75, 3.05) is 0 Å². The standard InChI is InChI=1S/C14H20O4/c1-2-12(16)8-13(17)5-3-10-4-6-14(18)11(7-10)9-15/h4,6-7,12,15-16,18H,2-3,5,8-9H2,1H3. The molecule has 0 heterocycles. The highest BCUT2D eigenvalue weighted by atomic mass is 16.3. The van der Waals surface area contributed by atoms with E-state index in [1.165, 1.54) is 6.07 Å². The predicted octanol–water partition coefficient (Wildman–Crippen LogP) is 1.55. The smallest absolute Gasteiger partial charge is 0.135 e. The van der Waals surface area contributed by atoms with Crippen LogP contribution in [0.15, 0.2) is 18.2 Å². The zero-order valence-corrected chi connectivity index (χ0v) is 10.6. The number of aromatic hydroxyl groups is 1. The Bertz CT molecular complexity index is 401. The van der Waals surface area contributed by atoms with Gasteiger partial charge in [-0.25, -0.2) is 0 Å². The van der Waals surface area contributed by atoms with Crippen LogP contribution in [0.5, 0.6) is 5.75 Å². The maximum absolute atomic E-state index is 11.5. The summed E-state index contributed by atoms with van der Waals surface area (Å²) in [6.45, 7) is 1.62. The first kappa shape index (κ1) is 14.7. The number of aryl methyl sites for hydroxylation is 1. The van der Waals surface area contributed by atoms with Gasteiger partial charge in [0.15, 0.2) is 0 Å². The summed E-state index contributed by atoms with van der Waals surface area (Å²) in [4.78, 5) is 11.5. The number of carbonyl (C=O) groups excluding carboxylic acids is 1. The van der Waals surface area contributed by atoms with Gasteiger partial charge in [-0.05, 0) is 30.5 Å². The lowest BCUT2D eigenvalue weighted by molar-refractivity contribution is -0.120. The van der Waals surface area contributed by atoms with Gasteiger partial charge in [-0.15, -0.1) is 0 Å². The van der Waals surface area contributed by atoms with Gasteiger partial charge in [0, 0.05) is 18.4 Å². The molecule has 0 spiro atoms. The van der Waals surface area contributed by atoms with E-state index in [1.807, 2.05) is 6.92 Å². The molecule has 4 nitrogen and oxygen atoms in total. The van der Waals surface area contributed by atoms with Crippen molar-refractivity contribution in [3.8, 4) is 5.75 Å². The van der Waals surface area contributed by atoms with Gasteiger partial charge in [0.25, 0.3) is 0 Å². The van der Waals surface area contributed by atoms with Crippen LogP contribution in [-0.4, -0.2) is 27.2 Å². The zero-order valence-electron chi connectivity index (χ0n) is 10.6. The summed E-state index contributed by atoms with van der Waals surface area (Å²) in [5, 5.41) is 27.8. The van der Waals surface area contributed by atoms with E-state index in [0.717, 1.165) is 5.56 Å². The van der Waals surface area contributed by atoms with Crippen molar-refractivity contribution in [2.24, 2.45) is 0 Å². The summed E-state index contributed by atoms with van der Waals surface area (Å²) in [5.41, 5.74) is 1.37. The molecule has 0 amide bonds. The molecule has 0 aliphatic carbocycles. The number of aliphatic hydroxyl groups is 2. The summed E-state index contributed by atoms with van der Waals surface area (Å²) in [7, 11) is 0. The minimum Gasteiger partial charge on any atom is -0.508 e. The van der Waals surface area contributed by atoms with Crippen molar-refractivity contribution in [3.63, 3.8) is 0 Å². The molecule has 1 aromatic carbocycles. The molecule has 1 unspecified atom stereocenters. The first-order valence-corrected chi connectivity index (χ1v) is 6.18. The minimum atomic E-state index is -0.551. The van der Waals surface area contributed by atoms with Crippen molar-refractivity contribution in [1.29, 1.82) is 0 Å². The molecule has 3 N–H and O–H groups in total. The quantitative estimate of drug-likeness (QED) is 0.688. The molecule has 0 saturated carbocycles. The first-order chi connectivity index (χ1) is 8.56. The predicted molar refractivity (Wildman–Crippen MR) is 68.3 cm³/mol. The molecular formula is C14H20O4. The van der Waals surface area contributed by atoms with E-state index >= 15 is 0 Å². The number of rotatable bonds is 7. The Morgan fingerprint density at radius 3 is 2.72 bits per heavy atom. The van der Waals surface area contributed by atoms with Crippen LogP contribution in [0, 0.1) is 0 Å². The Morgan fingerprint density at radius 2 is 2.11 bits per heavy atom. The van der Waals surface area contributed by atoms with Gasteiger partial charge in [-0.3, -0.25) is 4.79 Å². The monoisotopic (exact) mass is 252 g/mol. The second-order valence-corrected chi connectivity index (χ2v) is 4.43. The first-order valence-electron chi connectivity index (χ1n) is 6.18. The number of hydrogen-bond donors (Lipinski definition) is 3. The normalized spacial score (nSPS) is 12.4. The molecule has 0 aliphatic rings. The average Bonchev–Trinajstić information content (AvgIpc) is 2.37. The number of phenols is 1. The van der Waals surface area contributed by atoms with E-state index in [9.17, 15) is 15.0 Å². The molecule has 0 aromatic heterocycles. The fourth-order valence-corrected chi connectivity index (χ4v) is 1.71. The van der Waals surface area contributed by atoms with E-state index in [-0.39, 0.29) is 24.6 Å². The third kappa shape index (κ3) is 4.47. The summed E-state index contributed by atoms with van der Waals surface area (Å²) in [6, 6.07) is 4.95. The van der Waals surface area contributed by atoms with Crippen LogP contribution in [-0.2, 0) is 17.8 Å². The number of carbonyl (C=O) groups is 1. The molecule has 1 aromatic rings. The van der Waals surface area contributed by atoms with Crippen LogP contribution in [0.1, 0.15) is 37.3 Å². The molecular weight excluding hydrogens is 232 g/mol. The van der Waals surface area contributed by atoms with E-state index in [2.05, 4.69) is 0 Å². The van der Waals surface area contributed by atoms with Crippen LogP contribution in [0.4, 0.5) is 0 Å². The molecule has 1 atom stereocenters. The molecule has 18 heavy (non-hydrogen) atoms. The summed E-state index contributed by atoms with van der Waals surface area (Å²) < 4.78 is 0. The third-order valence-electron chi connectivity index (χ3n) is 2.94. The van der Waals surface area contributed by atoms with Gasteiger partial charge in [-0.2, -0.15) is 0 Å². The van der Waals surface area contributed by atoms with Crippen molar-refractivity contribution in [3.05, 3.63) is 29.3 Å². The van der Waals surface area contributed by atoms with E-state index in [0.29, 0.717) is 24.8 Å². The summed E-state index contributed by atoms with van der Waals surface area (Å²) in [6.07, 6.45) is 1.15. The molecule has 0 saturated heterocycles. The van der Waals surface area contributed by atoms with Gasteiger partial charge >= 0.3 is 0 Å². The van der Waals surface area contributed by atoms with Crippen LogP contribution in [0.2, 0.25) is 0 Å². The van der Waals surface area contributed by atoms with Crippen molar-refractivity contribution in [1.82, 2.24) is 0 Å². The van der Waals surface area contributed by atoms with Gasteiger partial charge in [-0.1, -0.05) is 13.0 Å². The molecule has 100 valence electrons. The number of aliphatic hydroxyl groups excluding tert-OH is 2. The highest BCUT2D eigenvalue weighted by Gasteiger charge is 2.09.